The second-order valence-corrected chi connectivity index (χ2v) is 18.4. The molecule has 2 unspecified atom stereocenters. The van der Waals surface area contributed by atoms with E-state index in [9.17, 15) is 33.7 Å². The molecule has 5 aromatic rings. The van der Waals surface area contributed by atoms with Gasteiger partial charge in [-0.15, -0.1) is 0 Å². The van der Waals surface area contributed by atoms with Crippen molar-refractivity contribution < 1.29 is 60.1 Å². The minimum Gasteiger partial charge on any atom is -0.349 e. The van der Waals surface area contributed by atoms with Gasteiger partial charge in [-0.1, -0.05) is 45.9 Å². The highest BCUT2D eigenvalue weighted by molar-refractivity contribution is 7.48. The molecule has 25 heteroatoms. The van der Waals surface area contributed by atoms with Crippen molar-refractivity contribution in [3.05, 3.63) is 77.0 Å². The van der Waals surface area contributed by atoms with E-state index in [1.165, 1.54) is 21.5 Å². The van der Waals surface area contributed by atoms with Crippen LogP contribution in [-0.2, 0) is 46.0 Å². The molecule has 3 fully saturated rings. The lowest BCUT2D eigenvalue weighted by Crippen LogP contribution is -2.32. The smallest absolute Gasteiger partial charge is 0.349 e. The molecule has 334 valence electrons. The number of carbonyl (C=O) groups is 2. The maximum absolute atomic E-state index is 15.8. The number of benzene rings is 1. The number of fused-ring (bicyclic) bond motifs is 5. The predicted octanol–water partition coefficient (Wildman–Crippen LogP) is 5.18. The molecule has 3 aliphatic heterocycles. The van der Waals surface area contributed by atoms with Gasteiger partial charge in [0.15, 0.2) is 23.2 Å². The van der Waals surface area contributed by atoms with Gasteiger partial charge in [0.05, 0.1) is 55.6 Å². The van der Waals surface area contributed by atoms with Crippen LogP contribution in [0.1, 0.15) is 56.9 Å². The lowest BCUT2D eigenvalue weighted by Gasteiger charge is -2.28. The predicted molar refractivity (Wildman–Crippen MR) is 217 cm³/mol. The first-order valence-corrected chi connectivity index (χ1v) is 22.7. The Balaban J connectivity index is 1.11. The highest BCUT2D eigenvalue weighted by atomic mass is 31.2. The number of pyridine rings is 1. The molecule has 0 saturated carbocycles. The highest BCUT2D eigenvalue weighted by Crippen LogP contribution is 2.58. The van der Waals surface area contributed by atoms with E-state index < -0.39 is 107 Å². The zero-order valence-electron chi connectivity index (χ0n) is 34.0. The van der Waals surface area contributed by atoms with Crippen molar-refractivity contribution in [2.45, 2.75) is 71.0 Å². The summed E-state index contributed by atoms with van der Waals surface area (Å²) in [6, 6.07) is 11.6. The van der Waals surface area contributed by atoms with E-state index >= 15 is 4.39 Å². The van der Waals surface area contributed by atoms with Gasteiger partial charge in [-0.3, -0.25) is 37.0 Å². The number of hydrogen-bond acceptors (Lipinski definition) is 16. The van der Waals surface area contributed by atoms with E-state index in [1.54, 1.807) is 58.0 Å². The molecule has 4 N–H and O–H groups in total. The fourth-order valence-corrected chi connectivity index (χ4v) is 10.0. The van der Waals surface area contributed by atoms with Crippen LogP contribution >= 0.6 is 15.6 Å². The van der Waals surface area contributed by atoms with Gasteiger partial charge in [-0.25, -0.2) is 28.5 Å². The van der Waals surface area contributed by atoms with Crippen molar-refractivity contribution in [3.63, 3.8) is 0 Å². The van der Waals surface area contributed by atoms with E-state index in [0.717, 1.165) is 12.5 Å². The maximum atomic E-state index is 15.8. The summed E-state index contributed by atoms with van der Waals surface area (Å²) in [6.07, 6.45) is -4.16. The third-order valence-electron chi connectivity index (χ3n) is 10.9. The Bertz CT molecular complexity index is 2740. The summed E-state index contributed by atoms with van der Waals surface area (Å²) in [5.41, 5.74) is -0.211. The van der Waals surface area contributed by atoms with E-state index in [0.29, 0.717) is 5.56 Å². The van der Waals surface area contributed by atoms with Gasteiger partial charge in [0.2, 0.25) is 5.91 Å². The lowest BCUT2D eigenvalue weighted by atomic mass is 10.0. The van der Waals surface area contributed by atoms with Crippen LogP contribution in [0, 0.1) is 34.9 Å². The molecule has 10 atom stereocenters. The van der Waals surface area contributed by atoms with Crippen LogP contribution in [0.5, 0.6) is 0 Å². The Morgan fingerprint density at radius 2 is 1.76 bits per heavy atom. The number of imidazole rings is 1. The minimum absolute atomic E-state index is 0.00750. The van der Waals surface area contributed by atoms with E-state index in [-0.39, 0.29) is 46.0 Å². The molecule has 0 radical (unpaired) electrons. The van der Waals surface area contributed by atoms with Crippen LogP contribution in [0.4, 0.5) is 16.0 Å². The number of nitrogens with one attached hydrogen (secondary N) is 3. The number of aromatic nitrogens is 6. The molecule has 2 bridgehead atoms. The topological polar surface area (TPSA) is 282 Å². The summed E-state index contributed by atoms with van der Waals surface area (Å²) < 4.78 is 88.7. The summed E-state index contributed by atoms with van der Waals surface area (Å²) in [7, 11) is -9.73. The molecule has 2 amide bonds. The van der Waals surface area contributed by atoms with Gasteiger partial charge in [0, 0.05) is 35.6 Å². The van der Waals surface area contributed by atoms with Crippen molar-refractivity contribution in [2.75, 3.05) is 30.5 Å². The summed E-state index contributed by atoms with van der Waals surface area (Å²) >= 11 is 0. The number of phosphoric ester groups is 2. The molecule has 8 rings (SSSR count). The van der Waals surface area contributed by atoms with Crippen LogP contribution in [0.2, 0.25) is 0 Å². The van der Waals surface area contributed by atoms with Crippen molar-refractivity contribution in [3.8, 4) is 6.07 Å². The number of H-pyrrole nitrogens is 1. The number of halogens is 1. The molecule has 3 aliphatic rings. The van der Waals surface area contributed by atoms with Crippen LogP contribution in [0.15, 0.2) is 60.0 Å². The summed E-state index contributed by atoms with van der Waals surface area (Å²) in [4.78, 5) is 64.9. The molecule has 0 aliphatic carbocycles. The van der Waals surface area contributed by atoms with Crippen molar-refractivity contribution in [1.29, 1.82) is 5.26 Å². The summed E-state index contributed by atoms with van der Waals surface area (Å²) in [6.45, 7) is 4.95. The molecular weight excluding hydrogens is 871 g/mol. The van der Waals surface area contributed by atoms with Crippen molar-refractivity contribution >= 4 is 61.2 Å². The molecule has 22 nitrogen and oxygen atoms in total. The normalized spacial score (nSPS) is 30.0. The molecule has 4 aromatic heterocycles. The van der Waals surface area contributed by atoms with Crippen molar-refractivity contribution in [1.82, 2.24) is 29.1 Å². The SMILES string of the molecule is CC(C)C(=O)Nc1cc2c(ncn2[C@@H]2O[C@@H]3COP(=O)(O)O[C@H]4[C@@H](C)[C@H](n5cc(F)c6c(NC(=O)c7ccccc7)ncnc65)O[C@@H]4COP(=O)(OCCC#N)O[C@@H]2[C@@H]3C)c(=O)[nH]1. The zero-order valence-corrected chi connectivity index (χ0v) is 35.8. The molecule has 0 spiro atoms. The van der Waals surface area contributed by atoms with Crippen LogP contribution in [0.25, 0.3) is 22.1 Å². The van der Waals surface area contributed by atoms with Crippen LogP contribution in [-0.4, -0.2) is 90.0 Å². The Morgan fingerprint density at radius 3 is 2.51 bits per heavy atom. The van der Waals surface area contributed by atoms with Gasteiger partial charge < -0.3 is 39.1 Å². The van der Waals surface area contributed by atoms with E-state index in [2.05, 4.69) is 30.6 Å². The fraction of sp³-hybridized carbons (Fsp3) is 0.447. The number of aromatic amines is 1. The van der Waals surface area contributed by atoms with Crippen LogP contribution < -0.4 is 16.2 Å². The Labute approximate surface area is 357 Å². The number of nitriles is 1. The Morgan fingerprint density at radius 1 is 1.02 bits per heavy atom. The largest absolute Gasteiger partial charge is 0.475 e. The van der Waals surface area contributed by atoms with E-state index in [1.807, 2.05) is 6.07 Å². The summed E-state index contributed by atoms with van der Waals surface area (Å²) in [5, 5.41) is 14.4. The first-order valence-electron chi connectivity index (χ1n) is 19.8. The molecular formula is C38H42FN9O13P2. The first kappa shape index (κ1) is 44.4. The highest BCUT2D eigenvalue weighted by Gasteiger charge is 2.53. The molecule has 3 saturated heterocycles. The number of anilines is 2. The number of amides is 2. The first-order chi connectivity index (χ1) is 30.1. The van der Waals surface area contributed by atoms with Gasteiger partial charge >= 0.3 is 15.6 Å². The van der Waals surface area contributed by atoms with Crippen LogP contribution in [0.3, 0.4) is 0 Å². The Hall–Kier alpha value is -5.24. The number of hydrogen-bond donors (Lipinski definition) is 4. The van der Waals surface area contributed by atoms with Gasteiger partial charge in [0.25, 0.3) is 11.5 Å². The minimum atomic E-state index is -4.99. The third kappa shape index (κ3) is 8.97. The van der Waals surface area contributed by atoms with Gasteiger partial charge in [-0.2, -0.15) is 5.26 Å². The quantitative estimate of drug-likeness (QED) is 0.109. The maximum Gasteiger partial charge on any atom is 0.475 e. The number of ether oxygens (including phenoxy) is 2. The number of phosphoric acid groups is 2. The standard InChI is InChI=1S/C38H42FN9O13P2/c1-19(2)34(49)44-27-13-24-29(36(51)45-27)43-18-48(24)38-31-20(3)25(58-38)15-56-62(52,53)60-30-21(4)37(59-26(30)16-57-63(54,61-31)55-12-8-11-40)47-14-23(39)28-32(41-17-42-33(28)47)46-35(50)22-9-6-5-7-10-22/h5-7,9-10,13-14,17-21,25-26,30-31,37-38H,8,12,15-16H2,1-4H3,(H,52,53)(H,41,42,46,50)(H2,44,45,49,51)/t20-,21-,25-,26-,30+,31-,37-,38-,63?/m1/s1. The third-order valence-corrected chi connectivity index (χ3v) is 13.3. The molecule has 1 aromatic carbocycles. The molecule has 63 heavy (non-hydrogen) atoms. The second kappa shape index (κ2) is 17.7. The number of carbonyl (C=O) groups excluding carboxylic acids is 2. The zero-order chi connectivity index (χ0) is 44.8. The number of nitrogens with zero attached hydrogens (tertiary/aromatic N) is 6. The van der Waals surface area contributed by atoms with E-state index in [4.69, 9.17) is 32.1 Å². The average Bonchev–Trinajstić information content (AvgIpc) is 3.99. The monoisotopic (exact) mass is 913 g/mol. The molecule has 7 heterocycles. The Kier molecular flexibility index (Phi) is 12.5. The lowest BCUT2D eigenvalue weighted by molar-refractivity contribution is -0.118. The number of rotatable bonds is 9. The average molecular weight is 914 g/mol. The fourth-order valence-electron chi connectivity index (χ4n) is 7.57. The van der Waals surface area contributed by atoms with Crippen molar-refractivity contribution in [2.24, 2.45) is 17.8 Å². The van der Waals surface area contributed by atoms with Gasteiger partial charge in [0.1, 0.15) is 42.5 Å². The summed E-state index contributed by atoms with van der Waals surface area (Å²) in [5.74, 6) is -3.91. The van der Waals surface area contributed by atoms with Gasteiger partial charge in [-0.05, 0) is 12.1 Å². The second-order valence-electron chi connectivity index (χ2n) is 15.4.